The molecule has 26 heavy (non-hydrogen) atoms. The van der Waals surface area contributed by atoms with Crippen molar-refractivity contribution in [3.8, 4) is 0 Å². The van der Waals surface area contributed by atoms with Gasteiger partial charge in [-0.2, -0.15) is 4.31 Å². The van der Waals surface area contributed by atoms with E-state index in [1.165, 1.54) is 9.87 Å². The highest BCUT2D eigenvalue weighted by molar-refractivity contribution is 7.88. The SMILES string of the molecule is O=C1CN(S(=O)(=O)Cc2ccccc2Cl)CC2c3ccccc3CCN12. The van der Waals surface area contributed by atoms with Gasteiger partial charge in [-0.05, 0) is 29.2 Å². The lowest BCUT2D eigenvalue weighted by Gasteiger charge is -2.44. The first-order valence-electron chi connectivity index (χ1n) is 8.54. The van der Waals surface area contributed by atoms with Crippen molar-refractivity contribution in [3.63, 3.8) is 0 Å². The molecule has 7 heteroatoms. The Bertz CT molecular complexity index is 961. The zero-order valence-electron chi connectivity index (χ0n) is 14.1. The van der Waals surface area contributed by atoms with Crippen LogP contribution in [0.1, 0.15) is 22.7 Å². The molecule has 1 fully saturated rings. The van der Waals surface area contributed by atoms with Crippen LogP contribution in [0.5, 0.6) is 0 Å². The van der Waals surface area contributed by atoms with Gasteiger partial charge in [0.1, 0.15) is 0 Å². The summed E-state index contributed by atoms with van der Waals surface area (Å²) < 4.78 is 27.2. The molecule has 5 nitrogen and oxygen atoms in total. The number of hydrogen-bond acceptors (Lipinski definition) is 3. The number of halogens is 1. The van der Waals surface area contributed by atoms with E-state index in [0.29, 0.717) is 17.1 Å². The number of fused-ring (bicyclic) bond motifs is 3. The number of carbonyl (C=O) groups excluding carboxylic acids is 1. The van der Waals surface area contributed by atoms with Gasteiger partial charge >= 0.3 is 0 Å². The summed E-state index contributed by atoms with van der Waals surface area (Å²) in [6.07, 6.45) is 0.810. The molecule has 1 unspecified atom stereocenters. The summed E-state index contributed by atoms with van der Waals surface area (Å²) in [4.78, 5) is 14.4. The number of benzene rings is 2. The van der Waals surface area contributed by atoms with Crippen molar-refractivity contribution in [1.29, 1.82) is 0 Å². The van der Waals surface area contributed by atoms with E-state index in [9.17, 15) is 13.2 Å². The van der Waals surface area contributed by atoms with Crippen LogP contribution >= 0.6 is 11.6 Å². The summed E-state index contributed by atoms with van der Waals surface area (Å²) in [5.41, 5.74) is 2.78. The molecule has 2 aliphatic heterocycles. The lowest BCUT2D eigenvalue weighted by atomic mass is 9.91. The first-order valence-corrected chi connectivity index (χ1v) is 10.5. The minimum absolute atomic E-state index is 0.106. The van der Waals surface area contributed by atoms with Gasteiger partial charge in [-0.15, -0.1) is 0 Å². The molecule has 0 spiro atoms. The summed E-state index contributed by atoms with van der Waals surface area (Å²) in [5, 5.41) is 0.420. The van der Waals surface area contributed by atoms with E-state index < -0.39 is 10.0 Å². The van der Waals surface area contributed by atoms with Crippen molar-refractivity contribution < 1.29 is 13.2 Å². The second-order valence-corrected chi connectivity index (χ2v) is 9.07. The van der Waals surface area contributed by atoms with Crippen LogP contribution < -0.4 is 0 Å². The molecule has 2 heterocycles. The minimum atomic E-state index is -3.64. The molecule has 0 radical (unpaired) electrons. The van der Waals surface area contributed by atoms with E-state index in [0.717, 1.165) is 12.0 Å². The van der Waals surface area contributed by atoms with Crippen molar-refractivity contribution in [3.05, 3.63) is 70.2 Å². The minimum Gasteiger partial charge on any atom is -0.333 e. The van der Waals surface area contributed by atoms with Gasteiger partial charge < -0.3 is 4.90 Å². The zero-order chi connectivity index (χ0) is 18.3. The highest BCUT2D eigenvalue weighted by Gasteiger charge is 2.40. The summed E-state index contributed by atoms with van der Waals surface area (Å²) in [6, 6.07) is 14.6. The molecular weight excluding hydrogens is 372 g/mol. The number of carbonyl (C=O) groups is 1. The third kappa shape index (κ3) is 3.13. The fourth-order valence-electron chi connectivity index (χ4n) is 3.76. The lowest BCUT2D eigenvalue weighted by Crippen LogP contribution is -2.55. The van der Waals surface area contributed by atoms with Crippen LogP contribution in [-0.4, -0.2) is 43.2 Å². The largest absolute Gasteiger partial charge is 0.333 e. The standard InChI is InChI=1S/C19H19ClN2O3S/c20-17-8-4-2-6-15(17)13-26(24,25)21-11-18-16-7-3-1-5-14(16)9-10-22(18)19(23)12-21/h1-8,18H,9-13H2. The second kappa shape index (κ2) is 6.68. The van der Waals surface area contributed by atoms with Gasteiger partial charge in [-0.1, -0.05) is 54.1 Å². The molecule has 2 aliphatic rings. The summed E-state index contributed by atoms with van der Waals surface area (Å²) >= 11 is 6.12. The maximum atomic E-state index is 12.9. The number of hydrogen-bond donors (Lipinski definition) is 0. The molecule has 2 aromatic carbocycles. The van der Waals surface area contributed by atoms with Crippen molar-refractivity contribution >= 4 is 27.5 Å². The normalized spacial score (nSPS) is 20.6. The Hall–Kier alpha value is -1.89. The van der Waals surface area contributed by atoms with Gasteiger partial charge in [0.15, 0.2) is 0 Å². The van der Waals surface area contributed by atoms with Crippen molar-refractivity contribution in [2.75, 3.05) is 19.6 Å². The Morgan fingerprint density at radius 1 is 1.08 bits per heavy atom. The van der Waals surface area contributed by atoms with Gasteiger partial charge in [0, 0.05) is 18.1 Å². The maximum Gasteiger partial charge on any atom is 0.238 e. The van der Waals surface area contributed by atoms with Crippen molar-refractivity contribution in [2.24, 2.45) is 0 Å². The van der Waals surface area contributed by atoms with Crippen LogP contribution in [0.2, 0.25) is 5.02 Å². The number of rotatable bonds is 3. The van der Waals surface area contributed by atoms with Crippen LogP contribution in [0.4, 0.5) is 0 Å². The molecule has 0 aromatic heterocycles. The van der Waals surface area contributed by atoms with Crippen LogP contribution in [0.3, 0.4) is 0 Å². The topological polar surface area (TPSA) is 57.7 Å². The Morgan fingerprint density at radius 3 is 2.62 bits per heavy atom. The van der Waals surface area contributed by atoms with Crippen LogP contribution in [0.15, 0.2) is 48.5 Å². The average molecular weight is 391 g/mol. The van der Waals surface area contributed by atoms with Crippen LogP contribution in [-0.2, 0) is 27.0 Å². The Kier molecular flexibility index (Phi) is 4.50. The van der Waals surface area contributed by atoms with E-state index >= 15 is 0 Å². The van der Waals surface area contributed by atoms with Crippen LogP contribution in [0, 0.1) is 0 Å². The van der Waals surface area contributed by atoms with Gasteiger partial charge in [-0.3, -0.25) is 4.79 Å². The monoisotopic (exact) mass is 390 g/mol. The summed E-state index contributed by atoms with van der Waals surface area (Å²) in [5.74, 6) is -0.340. The number of amides is 1. The molecule has 1 amide bonds. The molecule has 136 valence electrons. The molecule has 1 saturated heterocycles. The number of sulfonamides is 1. The van der Waals surface area contributed by atoms with Gasteiger partial charge in [0.05, 0.1) is 18.3 Å². The molecule has 0 bridgehead atoms. The fourth-order valence-corrected chi connectivity index (χ4v) is 5.55. The van der Waals surface area contributed by atoms with Crippen molar-refractivity contribution in [1.82, 2.24) is 9.21 Å². The third-order valence-corrected chi connectivity index (χ3v) is 7.22. The Morgan fingerprint density at radius 2 is 1.81 bits per heavy atom. The summed E-state index contributed by atoms with van der Waals surface area (Å²) in [7, 11) is -3.64. The Labute approximate surface area is 158 Å². The molecular formula is C19H19ClN2O3S. The van der Waals surface area contributed by atoms with E-state index in [-0.39, 0.29) is 30.8 Å². The average Bonchev–Trinajstić information content (AvgIpc) is 2.63. The molecule has 4 rings (SSSR count). The van der Waals surface area contributed by atoms with E-state index in [2.05, 4.69) is 0 Å². The molecule has 1 atom stereocenters. The summed E-state index contributed by atoms with van der Waals surface area (Å²) in [6.45, 7) is 0.819. The first-order chi connectivity index (χ1) is 12.5. The van der Waals surface area contributed by atoms with Crippen LogP contribution in [0.25, 0.3) is 0 Å². The van der Waals surface area contributed by atoms with Gasteiger partial charge in [0.2, 0.25) is 15.9 Å². The quantitative estimate of drug-likeness (QED) is 0.809. The molecule has 0 N–H and O–H groups in total. The fraction of sp³-hybridized carbons (Fsp3) is 0.316. The molecule has 2 aromatic rings. The maximum absolute atomic E-state index is 12.9. The Balaban J connectivity index is 1.63. The second-order valence-electron chi connectivity index (χ2n) is 6.69. The predicted molar refractivity (Wildman–Crippen MR) is 100 cm³/mol. The number of piperazine rings is 1. The number of nitrogens with zero attached hydrogens (tertiary/aromatic N) is 2. The molecule has 0 aliphatic carbocycles. The van der Waals surface area contributed by atoms with E-state index in [1.807, 2.05) is 29.2 Å². The molecule has 0 saturated carbocycles. The van der Waals surface area contributed by atoms with Gasteiger partial charge in [0.25, 0.3) is 0 Å². The van der Waals surface area contributed by atoms with E-state index in [4.69, 9.17) is 11.6 Å². The third-order valence-electron chi connectivity index (χ3n) is 5.11. The highest BCUT2D eigenvalue weighted by atomic mass is 35.5. The van der Waals surface area contributed by atoms with E-state index in [1.54, 1.807) is 24.3 Å². The lowest BCUT2D eigenvalue weighted by molar-refractivity contribution is -0.138. The highest BCUT2D eigenvalue weighted by Crippen LogP contribution is 2.34. The van der Waals surface area contributed by atoms with Gasteiger partial charge in [-0.25, -0.2) is 8.42 Å². The predicted octanol–water partition coefficient (Wildman–Crippen LogP) is 2.61. The smallest absolute Gasteiger partial charge is 0.238 e. The van der Waals surface area contributed by atoms with Crippen molar-refractivity contribution in [2.45, 2.75) is 18.2 Å². The zero-order valence-corrected chi connectivity index (χ0v) is 15.7. The first kappa shape index (κ1) is 17.5.